The average Bonchev–Trinajstić information content (AvgIpc) is 3.12. The number of H-pyrrole nitrogens is 2. The van der Waals surface area contributed by atoms with Gasteiger partial charge in [-0.2, -0.15) is 0 Å². The molecule has 0 bridgehead atoms. The first-order valence-electron chi connectivity index (χ1n) is 9.64. The van der Waals surface area contributed by atoms with Gasteiger partial charge in [-0.1, -0.05) is 0 Å². The van der Waals surface area contributed by atoms with Gasteiger partial charge < -0.3 is 20.4 Å². The van der Waals surface area contributed by atoms with Crippen molar-refractivity contribution in [3.63, 3.8) is 0 Å². The Bertz CT molecular complexity index is 1240. The van der Waals surface area contributed by atoms with Crippen LogP contribution in [0.5, 0.6) is 0 Å². The Morgan fingerprint density at radius 3 is 2.79 bits per heavy atom. The van der Waals surface area contributed by atoms with Crippen LogP contribution in [0.15, 0.2) is 35.3 Å². The Kier molecular flexibility index (Phi) is 4.05. The quantitative estimate of drug-likeness (QED) is 0.408. The lowest BCUT2D eigenvalue weighted by molar-refractivity contribution is 0.111. The normalized spacial score (nSPS) is 20.2. The summed E-state index contributed by atoms with van der Waals surface area (Å²) in [4.78, 5) is 23.1. The summed E-state index contributed by atoms with van der Waals surface area (Å²) in [6.07, 6.45) is 5.10. The Morgan fingerprint density at radius 1 is 1.14 bits per heavy atom. The molecule has 1 aliphatic rings. The van der Waals surface area contributed by atoms with E-state index in [9.17, 15) is 14.3 Å². The topological polar surface area (TPSA) is 93.8 Å². The molecule has 1 aliphatic carbocycles. The zero-order chi connectivity index (χ0) is 19.3. The molecule has 1 fully saturated rings. The number of rotatable bonds is 3. The molecule has 0 saturated heterocycles. The predicted molar refractivity (Wildman–Crippen MR) is 108 cm³/mol. The van der Waals surface area contributed by atoms with Gasteiger partial charge in [0.15, 0.2) is 0 Å². The van der Waals surface area contributed by atoms with Crippen LogP contribution in [0.2, 0.25) is 0 Å². The molecule has 0 atom stereocenters. The number of aromatic amines is 2. The standard InChI is InChI=1S/C21H21FN4O2/c22-12-3-6-14-16(9-12)17-15(7-8-23-20(17)28)19-18(14)25-21(26-19)24-10-11-1-4-13(27)5-2-11/h3,6-9,11,13,27H,1-2,4-5,10H2,(H,23,28)(H2,24,25,26)/t11-,13-. The molecular formula is C21H21FN4O2. The van der Waals surface area contributed by atoms with E-state index in [2.05, 4.69) is 15.3 Å². The lowest BCUT2D eigenvalue weighted by atomic mass is 9.87. The fraction of sp³-hybridized carbons (Fsp3) is 0.333. The largest absolute Gasteiger partial charge is 0.393 e. The molecule has 0 spiro atoms. The van der Waals surface area contributed by atoms with E-state index in [1.54, 1.807) is 12.3 Å². The summed E-state index contributed by atoms with van der Waals surface area (Å²) in [5.41, 5.74) is 1.23. The SMILES string of the molecule is O=c1[nH]ccc2c3[nH]c(NC[C@H]4CC[C@H](O)CC4)nc3c3ccc(F)cc3c12. The number of hydrogen-bond donors (Lipinski definition) is 4. The molecule has 4 aromatic rings. The molecule has 0 unspecified atom stereocenters. The van der Waals surface area contributed by atoms with E-state index in [1.165, 1.54) is 12.1 Å². The van der Waals surface area contributed by atoms with Crippen molar-refractivity contribution in [2.45, 2.75) is 31.8 Å². The second-order valence-electron chi connectivity index (χ2n) is 7.65. The Balaban J connectivity index is 1.61. The summed E-state index contributed by atoms with van der Waals surface area (Å²) in [6, 6.07) is 6.27. The van der Waals surface area contributed by atoms with Crippen LogP contribution in [0.3, 0.4) is 0 Å². The summed E-state index contributed by atoms with van der Waals surface area (Å²) in [5, 5.41) is 15.5. The zero-order valence-corrected chi connectivity index (χ0v) is 15.3. The third-order valence-corrected chi connectivity index (χ3v) is 5.81. The molecule has 4 N–H and O–H groups in total. The maximum Gasteiger partial charge on any atom is 0.256 e. The minimum Gasteiger partial charge on any atom is -0.393 e. The molecule has 144 valence electrons. The Hall–Kier alpha value is -2.93. The highest BCUT2D eigenvalue weighted by Gasteiger charge is 2.20. The second-order valence-corrected chi connectivity index (χ2v) is 7.65. The van der Waals surface area contributed by atoms with Crippen molar-refractivity contribution < 1.29 is 9.50 Å². The molecule has 2 heterocycles. The number of nitrogens with zero attached hydrogens (tertiary/aromatic N) is 1. The summed E-state index contributed by atoms with van der Waals surface area (Å²) >= 11 is 0. The highest BCUT2D eigenvalue weighted by Crippen LogP contribution is 2.33. The van der Waals surface area contributed by atoms with Gasteiger partial charge in [0.1, 0.15) is 5.82 Å². The van der Waals surface area contributed by atoms with E-state index in [0.717, 1.165) is 54.0 Å². The van der Waals surface area contributed by atoms with Crippen LogP contribution in [0, 0.1) is 11.7 Å². The van der Waals surface area contributed by atoms with Crippen LogP contribution in [0.25, 0.3) is 32.6 Å². The van der Waals surface area contributed by atoms with Crippen LogP contribution in [-0.4, -0.2) is 32.7 Å². The van der Waals surface area contributed by atoms with Gasteiger partial charge in [-0.15, -0.1) is 0 Å². The zero-order valence-electron chi connectivity index (χ0n) is 15.3. The molecule has 0 radical (unpaired) electrons. The minimum atomic E-state index is -0.384. The Labute approximate surface area is 159 Å². The number of imidazole rings is 1. The van der Waals surface area contributed by atoms with Gasteiger partial charge in [-0.25, -0.2) is 9.37 Å². The van der Waals surface area contributed by atoms with Crippen LogP contribution in [-0.2, 0) is 0 Å². The van der Waals surface area contributed by atoms with E-state index in [1.807, 2.05) is 6.07 Å². The molecule has 7 heteroatoms. The van der Waals surface area contributed by atoms with E-state index >= 15 is 0 Å². The number of nitrogens with one attached hydrogen (secondary N) is 3. The number of anilines is 1. The molecule has 5 rings (SSSR count). The van der Waals surface area contributed by atoms with Crippen molar-refractivity contribution in [2.24, 2.45) is 5.92 Å². The number of aliphatic hydroxyl groups is 1. The van der Waals surface area contributed by atoms with Gasteiger partial charge in [-0.05, 0) is 55.9 Å². The maximum atomic E-state index is 13.9. The summed E-state index contributed by atoms with van der Waals surface area (Å²) in [7, 11) is 0. The van der Waals surface area contributed by atoms with Gasteiger partial charge in [0, 0.05) is 28.9 Å². The van der Waals surface area contributed by atoms with Crippen molar-refractivity contribution in [3.8, 4) is 0 Å². The number of hydrogen-bond acceptors (Lipinski definition) is 4. The fourth-order valence-corrected chi connectivity index (χ4v) is 4.32. The summed E-state index contributed by atoms with van der Waals surface area (Å²) in [6.45, 7) is 0.775. The lowest BCUT2D eigenvalue weighted by Crippen LogP contribution is -2.23. The molecule has 2 aromatic carbocycles. The van der Waals surface area contributed by atoms with Crippen LogP contribution < -0.4 is 10.9 Å². The van der Waals surface area contributed by atoms with Gasteiger partial charge in [0.25, 0.3) is 5.56 Å². The van der Waals surface area contributed by atoms with E-state index in [0.29, 0.717) is 22.6 Å². The minimum absolute atomic E-state index is 0.168. The average molecular weight is 380 g/mol. The molecule has 0 aliphatic heterocycles. The number of aromatic nitrogens is 3. The second kappa shape index (κ2) is 6.60. The summed E-state index contributed by atoms with van der Waals surface area (Å²) in [5.74, 6) is 0.756. The van der Waals surface area contributed by atoms with E-state index in [-0.39, 0.29) is 17.5 Å². The first kappa shape index (κ1) is 17.2. The van der Waals surface area contributed by atoms with Crippen LogP contribution in [0.1, 0.15) is 25.7 Å². The van der Waals surface area contributed by atoms with E-state index < -0.39 is 0 Å². The molecule has 28 heavy (non-hydrogen) atoms. The number of fused-ring (bicyclic) bond motifs is 6. The van der Waals surface area contributed by atoms with Crippen molar-refractivity contribution >= 4 is 38.5 Å². The van der Waals surface area contributed by atoms with Crippen molar-refractivity contribution in [1.29, 1.82) is 0 Å². The summed E-state index contributed by atoms with van der Waals surface area (Å²) < 4.78 is 13.9. The smallest absolute Gasteiger partial charge is 0.256 e. The lowest BCUT2D eigenvalue weighted by Gasteiger charge is -2.25. The molecular weight excluding hydrogens is 359 g/mol. The predicted octanol–water partition coefficient (Wildman–Crippen LogP) is 3.66. The van der Waals surface area contributed by atoms with Crippen LogP contribution in [0.4, 0.5) is 10.3 Å². The highest BCUT2D eigenvalue weighted by atomic mass is 19.1. The molecule has 0 amide bonds. The molecule has 6 nitrogen and oxygen atoms in total. The first-order valence-corrected chi connectivity index (χ1v) is 9.64. The fourth-order valence-electron chi connectivity index (χ4n) is 4.32. The molecule has 2 aromatic heterocycles. The van der Waals surface area contributed by atoms with Gasteiger partial charge in [0.05, 0.1) is 22.5 Å². The third-order valence-electron chi connectivity index (χ3n) is 5.81. The van der Waals surface area contributed by atoms with Crippen molar-refractivity contribution in [2.75, 3.05) is 11.9 Å². The van der Waals surface area contributed by atoms with Gasteiger partial charge in [0.2, 0.25) is 5.95 Å². The number of pyridine rings is 1. The highest BCUT2D eigenvalue weighted by molar-refractivity contribution is 6.23. The first-order chi connectivity index (χ1) is 13.6. The number of benzene rings is 2. The van der Waals surface area contributed by atoms with Crippen LogP contribution >= 0.6 is 0 Å². The maximum absolute atomic E-state index is 13.9. The number of aliphatic hydroxyl groups excluding tert-OH is 1. The van der Waals surface area contributed by atoms with Gasteiger partial charge >= 0.3 is 0 Å². The van der Waals surface area contributed by atoms with Crippen molar-refractivity contribution in [3.05, 3.63) is 46.6 Å². The van der Waals surface area contributed by atoms with E-state index in [4.69, 9.17) is 4.98 Å². The monoisotopic (exact) mass is 380 g/mol. The van der Waals surface area contributed by atoms with Crippen molar-refractivity contribution in [1.82, 2.24) is 15.0 Å². The molecule has 1 saturated carbocycles. The number of halogens is 1. The Morgan fingerprint density at radius 2 is 1.96 bits per heavy atom. The van der Waals surface area contributed by atoms with Gasteiger partial charge in [-0.3, -0.25) is 4.79 Å². The third kappa shape index (κ3) is 2.82.